The van der Waals surface area contributed by atoms with Crippen LogP contribution in [0, 0.1) is 0 Å². The van der Waals surface area contributed by atoms with Crippen LogP contribution in [0.15, 0.2) is 45.9 Å². The van der Waals surface area contributed by atoms with Gasteiger partial charge in [-0.25, -0.2) is 8.42 Å². The second kappa shape index (κ2) is 11.7. The Hall–Kier alpha value is -2.85. The van der Waals surface area contributed by atoms with Crippen LogP contribution in [-0.4, -0.2) is 57.3 Å². The van der Waals surface area contributed by atoms with Gasteiger partial charge in [0.05, 0.1) is 22.5 Å². The first-order valence-corrected chi connectivity index (χ1v) is 12.2. The van der Waals surface area contributed by atoms with E-state index in [1.54, 1.807) is 32.0 Å². The third-order valence-electron chi connectivity index (χ3n) is 5.07. The van der Waals surface area contributed by atoms with Gasteiger partial charge in [0, 0.05) is 39.1 Å². The Balaban J connectivity index is 2.20. The second-order valence-electron chi connectivity index (χ2n) is 6.97. The van der Waals surface area contributed by atoms with E-state index in [0.29, 0.717) is 31.9 Å². The summed E-state index contributed by atoms with van der Waals surface area (Å²) < 4.78 is 32.3. The van der Waals surface area contributed by atoms with Crippen LogP contribution in [0.5, 0.6) is 0 Å². The lowest BCUT2D eigenvalue weighted by atomic mass is 10.2. The molecular weight excluding hydrogens is 432 g/mol. The van der Waals surface area contributed by atoms with Gasteiger partial charge in [-0.15, -0.1) is 0 Å². The Labute approximate surface area is 189 Å². The molecule has 2 aromatic rings. The summed E-state index contributed by atoms with van der Waals surface area (Å²) in [6, 6.07) is 7.93. The monoisotopic (exact) mass is 464 g/mol. The zero-order valence-corrected chi connectivity index (χ0v) is 19.9. The first kappa shape index (κ1) is 25.4. The second-order valence-corrected chi connectivity index (χ2v) is 8.91. The molecule has 1 heterocycles. The van der Waals surface area contributed by atoms with E-state index in [9.17, 15) is 18.0 Å². The van der Waals surface area contributed by atoms with Crippen LogP contribution in [0.25, 0.3) is 0 Å². The maximum Gasteiger partial charge on any atom is 0.286 e. The Kier molecular flexibility index (Phi) is 9.27. The number of carbonyl (C=O) groups excluding carboxylic acids is 2. The highest BCUT2D eigenvalue weighted by atomic mass is 32.2. The Bertz CT molecular complexity index is 997. The number of nitrogens with zero attached hydrogens (tertiary/aromatic N) is 2. The fraction of sp³-hybridized carbons (Fsp3) is 0.455. The van der Waals surface area contributed by atoms with Crippen LogP contribution < -0.4 is 15.5 Å². The molecule has 0 radical (unpaired) electrons. The molecule has 0 spiro atoms. The summed E-state index contributed by atoms with van der Waals surface area (Å²) in [5.74, 6) is -0.571. The number of amides is 2. The van der Waals surface area contributed by atoms with Crippen LogP contribution >= 0.6 is 0 Å². The van der Waals surface area contributed by atoms with Gasteiger partial charge in [0.15, 0.2) is 5.76 Å². The van der Waals surface area contributed by atoms with E-state index < -0.39 is 15.9 Å². The van der Waals surface area contributed by atoms with Gasteiger partial charge in [-0.05, 0) is 44.2 Å². The molecule has 0 bridgehead atoms. The largest absolute Gasteiger partial charge is 0.459 e. The first-order valence-electron chi connectivity index (χ1n) is 10.8. The summed E-state index contributed by atoms with van der Waals surface area (Å²) >= 11 is 0. The summed E-state index contributed by atoms with van der Waals surface area (Å²) in [5, 5.41) is 5.44. The average Bonchev–Trinajstić information content (AvgIpc) is 3.31. The molecule has 9 nitrogen and oxygen atoms in total. The lowest BCUT2D eigenvalue weighted by Crippen LogP contribution is -2.31. The number of hydrogen-bond donors (Lipinski definition) is 2. The summed E-state index contributed by atoms with van der Waals surface area (Å²) in [5.41, 5.74) is 1.16. The van der Waals surface area contributed by atoms with Gasteiger partial charge in [-0.3, -0.25) is 9.59 Å². The van der Waals surface area contributed by atoms with Crippen LogP contribution in [-0.2, 0) is 14.8 Å². The Morgan fingerprint density at radius 3 is 2.25 bits per heavy atom. The maximum absolute atomic E-state index is 13.0. The van der Waals surface area contributed by atoms with Gasteiger partial charge in [0.25, 0.3) is 5.91 Å². The number of anilines is 2. The van der Waals surface area contributed by atoms with Crippen LogP contribution in [0.2, 0.25) is 0 Å². The van der Waals surface area contributed by atoms with Crippen molar-refractivity contribution in [3.63, 3.8) is 0 Å². The minimum Gasteiger partial charge on any atom is -0.459 e. The molecule has 2 N–H and O–H groups in total. The molecule has 0 fully saturated rings. The molecular formula is C22H32N4O5S. The molecule has 1 aromatic carbocycles. The average molecular weight is 465 g/mol. The van der Waals surface area contributed by atoms with Crippen LogP contribution in [0.4, 0.5) is 11.4 Å². The van der Waals surface area contributed by atoms with Crippen molar-refractivity contribution in [3.05, 3.63) is 42.4 Å². The van der Waals surface area contributed by atoms with Gasteiger partial charge in [-0.2, -0.15) is 4.31 Å². The lowest BCUT2D eigenvalue weighted by molar-refractivity contribution is -0.116. The van der Waals surface area contributed by atoms with Crippen molar-refractivity contribution in [1.82, 2.24) is 9.62 Å². The third kappa shape index (κ3) is 6.10. The normalized spacial score (nSPS) is 11.4. The van der Waals surface area contributed by atoms with Gasteiger partial charge in [0.2, 0.25) is 15.9 Å². The Morgan fingerprint density at radius 2 is 1.69 bits per heavy atom. The predicted molar refractivity (Wildman–Crippen MR) is 124 cm³/mol. The van der Waals surface area contributed by atoms with Crippen LogP contribution in [0.3, 0.4) is 0 Å². The van der Waals surface area contributed by atoms with E-state index in [-0.39, 0.29) is 29.5 Å². The molecule has 0 unspecified atom stereocenters. The highest BCUT2D eigenvalue weighted by Gasteiger charge is 2.24. The topological polar surface area (TPSA) is 112 Å². The molecule has 0 aliphatic rings. The highest BCUT2D eigenvalue weighted by Crippen LogP contribution is 2.30. The molecule has 0 saturated heterocycles. The van der Waals surface area contributed by atoms with Crippen molar-refractivity contribution in [1.29, 1.82) is 0 Å². The van der Waals surface area contributed by atoms with Crippen molar-refractivity contribution in [2.45, 2.75) is 39.0 Å². The quantitative estimate of drug-likeness (QED) is 0.500. The summed E-state index contributed by atoms with van der Waals surface area (Å²) in [7, 11) is -3.67. The fourth-order valence-electron chi connectivity index (χ4n) is 3.33. The number of rotatable bonds is 12. The molecule has 0 saturated carbocycles. The number of nitrogens with one attached hydrogen (secondary N) is 2. The molecule has 176 valence electrons. The van der Waals surface area contributed by atoms with E-state index in [2.05, 4.69) is 10.6 Å². The number of benzene rings is 1. The van der Waals surface area contributed by atoms with E-state index in [1.165, 1.54) is 22.7 Å². The van der Waals surface area contributed by atoms with E-state index in [0.717, 1.165) is 5.69 Å². The molecule has 10 heteroatoms. The zero-order valence-electron chi connectivity index (χ0n) is 19.1. The predicted octanol–water partition coefficient (Wildman–Crippen LogP) is 2.91. The maximum atomic E-state index is 13.0. The van der Waals surface area contributed by atoms with Gasteiger partial charge in [0.1, 0.15) is 0 Å². The first-order chi connectivity index (χ1) is 15.3. The summed E-state index contributed by atoms with van der Waals surface area (Å²) in [6.07, 6.45) is 1.42. The van der Waals surface area contributed by atoms with Crippen LogP contribution in [0.1, 0.15) is 44.7 Å². The molecule has 1 aromatic heterocycles. The fourth-order valence-corrected chi connectivity index (χ4v) is 4.81. The van der Waals surface area contributed by atoms with Gasteiger partial charge in [-0.1, -0.05) is 13.8 Å². The van der Waals surface area contributed by atoms with E-state index >= 15 is 0 Å². The standard InChI is InChI=1S/C22H32N4O5S/c1-5-25(6-2)19-12-11-17(32(29,30)26(7-3)8-4)16-18(19)24-21(27)13-14-23-22(28)20-10-9-15-31-20/h9-12,15-16H,5-8,13-14H2,1-4H3,(H,23,28)(H,24,27). The SMILES string of the molecule is CCN(CC)c1ccc(S(=O)(=O)N(CC)CC)cc1NC(=O)CCNC(=O)c1ccco1. The van der Waals surface area contributed by atoms with E-state index in [4.69, 9.17) is 4.42 Å². The number of sulfonamides is 1. The van der Waals surface area contributed by atoms with Crippen molar-refractivity contribution in [2.24, 2.45) is 0 Å². The minimum atomic E-state index is -3.67. The third-order valence-corrected chi connectivity index (χ3v) is 7.12. The molecule has 0 atom stereocenters. The summed E-state index contributed by atoms with van der Waals surface area (Å²) in [6.45, 7) is 9.75. The molecule has 0 aliphatic carbocycles. The zero-order chi connectivity index (χ0) is 23.7. The molecule has 32 heavy (non-hydrogen) atoms. The van der Waals surface area contributed by atoms with Gasteiger partial charge < -0.3 is 20.0 Å². The number of carbonyl (C=O) groups is 2. The number of hydrogen-bond acceptors (Lipinski definition) is 6. The molecule has 0 aliphatic heterocycles. The van der Waals surface area contributed by atoms with Crippen molar-refractivity contribution in [3.8, 4) is 0 Å². The lowest BCUT2D eigenvalue weighted by Gasteiger charge is -2.26. The summed E-state index contributed by atoms with van der Waals surface area (Å²) in [4.78, 5) is 26.7. The number of furan rings is 1. The van der Waals surface area contributed by atoms with Crippen molar-refractivity contribution < 1.29 is 22.4 Å². The van der Waals surface area contributed by atoms with E-state index in [1.807, 2.05) is 18.7 Å². The Morgan fingerprint density at radius 1 is 1.00 bits per heavy atom. The van der Waals surface area contributed by atoms with Crippen molar-refractivity contribution >= 4 is 33.2 Å². The minimum absolute atomic E-state index is 0.0250. The molecule has 2 amide bonds. The highest BCUT2D eigenvalue weighted by molar-refractivity contribution is 7.89. The van der Waals surface area contributed by atoms with Gasteiger partial charge >= 0.3 is 0 Å². The smallest absolute Gasteiger partial charge is 0.286 e. The van der Waals surface area contributed by atoms with Crippen molar-refractivity contribution in [2.75, 3.05) is 42.9 Å². The molecule has 2 rings (SSSR count).